The van der Waals surface area contributed by atoms with Crippen LogP contribution in [-0.2, 0) is 10.8 Å². The molecule has 0 radical (unpaired) electrons. The summed E-state index contributed by atoms with van der Waals surface area (Å²) >= 11 is 7.41. The number of para-hydroxylation sites is 2. The van der Waals surface area contributed by atoms with E-state index >= 15 is 0 Å². The third-order valence-corrected chi connectivity index (χ3v) is 15.9. The summed E-state index contributed by atoms with van der Waals surface area (Å²) in [7, 11) is 0. The molecule has 0 fully saturated rings. The predicted molar refractivity (Wildman–Crippen MR) is 304 cm³/mol. The summed E-state index contributed by atoms with van der Waals surface area (Å²) in [4.78, 5) is 2.64. The Balaban J connectivity index is 0.00000952. The molecule has 4 heteroatoms. The first-order valence-electron chi connectivity index (χ1n) is 27.8. The lowest BCUT2D eigenvalue weighted by Crippen LogP contribution is -2.28. The Labute approximate surface area is 429 Å². The van der Waals surface area contributed by atoms with Crippen LogP contribution in [-0.4, -0.2) is 23.4 Å². The minimum absolute atomic E-state index is 0. The summed E-state index contributed by atoms with van der Waals surface area (Å²) in [5.74, 6) is 0. The highest BCUT2D eigenvalue weighted by atomic mass is 127. The van der Waals surface area contributed by atoms with Crippen LogP contribution in [0.1, 0.15) is 252 Å². The summed E-state index contributed by atoms with van der Waals surface area (Å²) in [6.45, 7) is 16.4. The van der Waals surface area contributed by atoms with Gasteiger partial charge in [0.1, 0.15) is 6.54 Å². The molecule has 3 aliphatic rings. The maximum atomic E-state index is 7.41. The predicted octanol–water partition coefficient (Wildman–Crippen LogP) is 20.5. The molecule has 0 saturated heterocycles. The van der Waals surface area contributed by atoms with Crippen molar-refractivity contribution in [3.05, 3.63) is 106 Å². The number of anilines is 1. The van der Waals surface area contributed by atoms with Gasteiger partial charge in [-0.3, -0.25) is 0 Å². The van der Waals surface area contributed by atoms with Crippen LogP contribution in [0.5, 0.6) is 0 Å². The Hall–Kier alpha value is -2.11. The summed E-state index contributed by atoms with van der Waals surface area (Å²) in [5.41, 5.74) is 11.0. The number of hydrogen-bond acceptors (Lipinski definition) is 1. The van der Waals surface area contributed by atoms with Crippen molar-refractivity contribution in [2.24, 2.45) is 0 Å². The number of nitrogens with zero attached hydrogens (tertiary/aromatic N) is 2. The van der Waals surface area contributed by atoms with Crippen LogP contribution in [0.2, 0.25) is 0 Å². The highest BCUT2D eigenvalue weighted by Gasteiger charge is 2.44. The Morgan fingerprint density at radius 3 is 1.55 bits per heavy atom. The van der Waals surface area contributed by atoms with E-state index in [1.54, 1.807) is 0 Å². The van der Waals surface area contributed by atoms with Crippen molar-refractivity contribution in [2.75, 3.05) is 18.0 Å². The number of allylic oxidation sites excluding steroid dienone is 8. The van der Waals surface area contributed by atoms with Gasteiger partial charge in [0.25, 0.3) is 0 Å². The van der Waals surface area contributed by atoms with E-state index < -0.39 is 0 Å². The molecule has 2 heterocycles. The van der Waals surface area contributed by atoms with Crippen molar-refractivity contribution in [1.82, 2.24) is 0 Å². The normalized spacial score (nSPS) is 17.7. The zero-order valence-electron chi connectivity index (χ0n) is 43.4. The quantitative estimate of drug-likeness (QED) is 0.0392. The number of hydrogen-bond donors (Lipinski definition) is 0. The summed E-state index contributed by atoms with van der Waals surface area (Å²) < 4.78 is 2.64. The van der Waals surface area contributed by atoms with Gasteiger partial charge in [0.15, 0.2) is 5.71 Å². The standard InChI is InChI=1S/C62H96ClN2.HI/c1-7-9-11-13-15-17-19-21-23-25-27-29-31-37-50-64-56-44-35-33-42-54(56)61(3,4)58(64)48-46-52-40-39-41-53(60(52)63)47-49-59-62(5,6)55-43-34-36-45-57(55)65(59)51-38-32-30-28-26-24-22-20-18-16-14-12-10-8-2;/h33-36,42-49H,7-32,37-41,50-51H2,1-6H3;1H/q+1;. The third kappa shape index (κ3) is 17.1. The number of halogens is 2. The van der Waals surface area contributed by atoms with E-state index in [9.17, 15) is 0 Å². The second-order valence-corrected chi connectivity index (χ2v) is 21.8. The number of fused-ring (bicyclic) bond motifs is 2. The van der Waals surface area contributed by atoms with E-state index in [1.165, 1.54) is 225 Å². The summed E-state index contributed by atoms with van der Waals surface area (Å²) in [5, 5.41) is 0.962. The molecule has 0 bridgehead atoms. The van der Waals surface area contributed by atoms with Crippen molar-refractivity contribution in [1.29, 1.82) is 0 Å². The summed E-state index contributed by atoms with van der Waals surface area (Å²) in [6.07, 6.45) is 51.8. The monoisotopic (exact) mass is 1030 g/mol. The maximum Gasteiger partial charge on any atom is 0.209 e. The van der Waals surface area contributed by atoms with Crippen molar-refractivity contribution >= 4 is 52.7 Å². The zero-order valence-corrected chi connectivity index (χ0v) is 46.5. The molecule has 0 amide bonds. The molecule has 0 aromatic heterocycles. The molecule has 1 aliphatic carbocycles. The molecule has 2 nitrogen and oxygen atoms in total. The fourth-order valence-corrected chi connectivity index (χ4v) is 11.6. The van der Waals surface area contributed by atoms with Gasteiger partial charge in [-0.15, -0.1) is 24.0 Å². The lowest BCUT2D eigenvalue weighted by atomic mass is 9.81. The van der Waals surface area contributed by atoms with Crippen LogP contribution >= 0.6 is 35.6 Å². The molecule has 368 valence electrons. The Morgan fingerprint density at radius 2 is 1.00 bits per heavy atom. The van der Waals surface area contributed by atoms with Crippen molar-refractivity contribution in [3.8, 4) is 0 Å². The number of benzene rings is 2. The van der Waals surface area contributed by atoms with Crippen molar-refractivity contribution in [2.45, 2.75) is 251 Å². The molecule has 2 aromatic carbocycles. The fraction of sp³-hybridized carbons (Fsp3) is 0.661. The Morgan fingerprint density at radius 1 is 0.530 bits per heavy atom. The van der Waals surface area contributed by atoms with Crippen molar-refractivity contribution in [3.63, 3.8) is 0 Å². The molecule has 0 saturated carbocycles. The first kappa shape index (κ1) is 56.5. The number of rotatable bonds is 33. The van der Waals surface area contributed by atoms with E-state index in [4.69, 9.17) is 11.6 Å². The molecule has 66 heavy (non-hydrogen) atoms. The highest BCUT2D eigenvalue weighted by molar-refractivity contribution is 14.0. The van der Waals surface area contributed by atoms with Crippen LogP contribution in [0, 0.1) is 0 Å². The Kier molecular flexibility index (Phi) is 26.7. The average molecular weight is 1030 g/mol. The van der Waals surface area contributed by atoms with Gasteiger partial charge >= 0.3 is 0 Å². The molecular weight excluding hydrogens is 935 g/mol. The molecule has 0 N–H and O–H groups in total. The smallest absolute Gasteiger partial charge is 0.209 e. The fourth-order valence-electron chi connectivity index (χ4n) is 11.3. The SMILES string of the molecule is CCCCCCCCCCCCCCCCN1/C(=C/C=C2\CCCC(/C=C/C3=[N+](CCCCCCCCCCCCCCCC)c4ccccc4C3(C)C)=C2Cl)C(C)(C)c2ccccc21.I. The van der Waals surface area contributed by atoms with Crippen LogP contribution in [0.4, 0.5) is 11.4 Å². The highest BCUT2D eigenvalue weighted by Crippen LogP contribution is 2.48. The average Bonchev–Trinajstić information content (AvgIpc) is 3.66. The van der Waals surface area contributed by atoms with Gasteiger partial charge < -0.3 is 4.90 Å². The van der Waals surface area contributed by atoms with Crippen LogP contribution in [0.3, 0.4) is 0 Å². The lowest BCUT2D eigenvalue weighted by Gasteiger charge is -2.27. The summed E-state index contributed by atoms with van der Waals surface area (Å²) in [6, 6.07) is 18.3. The molecule has 2 aliphatic heterocycles. The van der Waals surface area contributed by atoms with Gasteiger partial charge in [-0.25, -0.2) is 0 Å². The molecular formula is C62H97ClIN2+. The van der Waals surface area contributed by atoms with Gasteiger partial charge in [-0.1, -0.05) is 248 Å². The third-order valence-electron chi connectivity index (χ3n) is 15.4. The van der Waals surface area contributed by atoms with Gasteiger partial charge in [-0.2, -0.15) is 4.58 Å². The largest absolute Gasteiger partial charge is 0.344 e. The van der Waals surface area contributed by atoms with E-state index in [-0.39, 0.29) is 34.8 Å². The minimum Gasteiger partial charge on any atom is -0.344 e. The molecule has 0 unspecified atom stereocenters. The molecule has 5 rings (SSSR count). The van der Waals surface area contributed by atoms with Crippen molar-refractivity contribution < 1.29 is 4.58 Å². The van der Waals surface area contributed by atoms with Gasteiger partial charge in [0.2, 0.25) is 5.69 Å². The molecule has 0 atom stereocenters. The van der Waals surface area contributed by atoms with Crippen LogP contribution in [0.25, 0.3) is 0 Å². The van der Waals surface area contributed by atoms with E-state index in [2.05, 4.69) is 124 Å². The topological polar surface area (TPSA) is 6.25 Å². The molecule has 0 spiro atoms. The first-order chi connectivity index (χ1) is 31.7. The first-order valence-corrected chi connectivity index (χ1v) is 28.2. The van der Waals surface area contributed by atoms with Gasteiger partial charge in [-0.05, 0) is 74.8 Å². The van der Waals surface area contributed by atoms with Gasteiger partial charge in [0, 0.05) is 52.5 Å². The number of unbranched alkanes of at least 4 members (excludes halogenated alkanes) is 26. The minimum atomic E-state index is -0.0483. The second-order valence-electron chi connectivity index (χ2n) is 21.4. The second kappa shape index (κ2) is 31.2. The van der Waals surface area contributed by atoms with E-state index in [0.29, 0.717) is 0 Å². The molecule has 2 aromatic rings. The van der Waals surface area contributed by atoms with Gasteiger partial charge in [0.05, 0.1) is 5.41 Å². The zero-order chi connectivity index (χ0) is 46.2. The Bertz CT molecular complexity index is 1860. The lowest BCUT2D eigenvalue weighted by molar-refractivity contribution is -0.438. The van der Waals surface area contributed by atoms with E-state index in [1.807, 2.05) is 0 Å². The van der Waals surface area contributed by atoms with E-state index in [0.717, 1.165) is 37.4 Å². The maximum absolute atomic E-state index is 7.41. The van der Waals surface area contributed by atoms with Crippen LogP contribution < -0.4 is 4.90 Å². The van der Waals surface area contributed by atoms with Crippen LogP contribution in [0.15, 0.2) is 94.7 Å².